The van der Waals surface area contributed by atoms with Crippen molar-refractivity contribution in [2.45, 2.75) is 56.9 Å². The number of carbonyl (C=O) groups excluding carboxylic acids is 1. The van der Waals surface area contributed by atoms with Gasteiger partial charge < -0.3 is 15.4 Å². The average Bonchev–Trinajstić information content (AvgIpc) is 3.06. The first-order valence-corrected chi connectivity index (χ1v) is 9.59. The van der Waals surface area contributed by atoms with Crippen LogP contribution in [0.5, 0.6) is 0 Å². The molecule has 5 nitrogen and oxygen atoms in total. The lowest BCUT2D eigenvalue weighted by Crippen LogP contribution is -2.54. The van der Waals surface area contributed by atoms with E-state index in [1.54, 1.807) is 0 Å². The molecule has 2 saturated heterocycles. The van der Waals surface area contributed by atoms with E-state index in [2.05, 4.69) is 15.5 Å². The molecule has 2 N–H and O–H groups in total. The molecule has 0 spiro atoms. The second-order valence-corrected chi connectivity index (χ2v) is 7.56. The van der Waals surface area contributed by atoms with Crippen LogP contribution in [0.3, 0.4) is 0 Å². The molecule has 1 aliphatic carbocycles. The van der Waals surface area contributed by atoms with Crippen LogP contribution >= 0.6 is 24.8 Å². The minimum absolute atomic E-state index is 0. The quantitative estimate of drug-likeness (QED) is 0.724. The molecule has 0 aromatic rings. The lowest BCUT2D eigenvalue weighted by molar-refractivity contribution is -0.125. The Morgan fingerprint density at radius 3 is 2.52 bits per heavy atom. The number of nitrogens with zero attached hydrogens (tertiary/aromatic N) is 1. The van der Waals surface area contributed by atoms with E-state index in [-0.39, 0.29) is 36.3 Å². The van der Waals surface area contributed by atoms with E-state index < -0.39 is 0 Å². The highest BCUT2D eigenvalue weighted by molar-refractivity contribution is 5.85. The van der Waals surface area contributed by atoms with E-state index in [1.807, 2.05) is 0 Å². The predicted octanol–water partition coefficient (Wildman–Crippen LogP) is 2.37. The Hall–Kier alpha value is -0.0700. The number of carbonyl (C=O) groups is 1. The molecule has 0 aromatic carbocycles. The average molecular weight is 396 g/mol. The van der Waals surface area contributed by atoms with Gasteiger partial charge in [0.15, 0.2) is 0 Å². The number of morpholine rings is 1. The number of halogens is 2. The third-order valence-electron chi connectivity index (χ3n) is 5.98. The van der Waals surface area contributed by atoms with Crippen LogP contribution in [0.2, 0.25) is 0 Å². The molecule has 2 heterocycles. The van der Waals surface area contributed by atoms with Gasteiger partial charge in [-0.1, -0.05) is 12.8 Å². The summed E-state index contributed by atoms with van der Waals surface area (Å²) < 4.78 is 5.49. The third-order valence-corrected chi connectivity index (χ3v) is 5.98. The maximum absolute atomic E-state index is 12.5. The van der Waals surface area contributed by atoms with Crippen molar-refractivity contribution in [3.05, 3.63) is 0 Å². The summed E-state index contributed by atoms with van der Waals surface area (Å²) in [5.74, 6) is 0.992. The first kappa shape index (κ1) is 23.0. The summed E-state index contributed by atoms with van der Waals surface area (Å²) in [5, 5.41) is 6.65. The van der Waals surface area contributed by atoms with E-state index in [0.717, 1.165) is 58.3 Å². The monoisotopic (exact) mass is 395 g/mol. The normalized spacial score (nSPS) is 26.3. The van der Waals surface area contributed by atoms with Gasteiger partial charge in [-0.15, -0.1) is 24.8 Å². The van der Waals surface area contributed by atoms with Gasteiger partial charge in [0, 0.05) is 31.6 Å². The van der Waals surface area contributed by atoms with Crippen molar-refractivity contribution in [3.63, 3.8) is 0 Å². The summed E-state index contributed by atoms with van der Waals surface area (Å²) in [6, 6.07) is 0. The summed E-state index contributed by atoms with van der Waals surface area (Å²) in [5.41, 5.74) is 0.111. The fourth-order valence-electron chi connectivity index (χ4n) is 4.62. The number of hydrogen-bond donors (Lipinski definition) is 2. The van der Waals surface area contributed by atoms with Gasteiger partial charge in [-0.2, -0.15) is 0 Å². The van der Waals surface area contributed by atoms with E-state index in [9.17, 15) is 4.79 Å². The number of amides is 1. The van der Waals surface area contributed by atoms with Crippen molar-refractivity contribution in [2.75, 3.05) is 45.9 Å². The zero-order valence-corrected chi connectivity index (χ0v) is 16.9. The lowest BCUT2D eigenvalue weighted by Gasteiger charge is -2.43. The second kappa shape index (κ2) is 11.6. The fourth-order valence-corrected chi connectivity index (χ4v) is 4.62. The molecule has 7 heteroatoms. The summed E-state index contributed by atoms with van der Waals surface area (Å²) in [6.07, 6.45) is 9.25. The smallest absolute Gasteiger partial charge is 0.221 e. The standard InChI is InChI=1S/C18H33N3O2.2ClH/c22-17(20-9-5-16-4-3-8-19-15-16)14-18(6-1-2-7-18)21-10-12-23-13-11-21;;/h16,19H,1-15H2,(H,20,22);2*1H. The Kier molecular flexibility index (Phi) is 10.7. The molecule has 1 amide bonds. The molecule has 3 rings (SSSR count). The highest BCUT2D eigenvalue weighted by Crippen LogP contribution is 2.38. The number of nitrogens with one attached hydrogen (secondary N) is 2. The van der Waals surface area contributed by atoms with Crippen LogP contribution in [0.1, 0.15) is 51.4 Å². The van der Waals surface area contributed by atoms with E-state index in [4.69, 9.17) is 4.74 Å². The Balaban J connectivity index is 0.00000156. The lowest BCUT2D eigenvalue weighted by atomic mass is 9.89. The SMILES string of the molecule is Cl.Cl.O=C(CC1(N2CCOCC2)CCCC1)NCCC1CCCNC1. The van der Waals surface area contributed by atoms with Crippen molar-refractivity contribution < 1.29 is 9.53 Å². The van der Waals surface area contributed by atoms with Crippen LogP contribution in [0.4, 0.5) is 0 Å². The van der Waals surface area contributed by atoms with Crippen molar-refractivity contribution in [2.24, 2.45) is 5.92 Å². The highest BCUT2D eigenvalue weighted by Gasteiger charge is 2.41. The van der Waals surface area contributed by atoms with Crippen LogP contribution in [0.25, 0.3) is 0 Å². The Labute approximate surface area is 164 Å². The molecule has 3 aliphatic rings. The molecule has 1 unspecified atom stereocenters. The Morgan fingerprint density at radius 2 is 1.88 bits per heavy atom. The maximum Gasteiger partial charge on any atom is 0.221 e. The Morgan fingerprint density at radius 1 is 1.16 bits per heavy atom. The van der Waals surface area contributed by atoms with Crippen molar-refractivity contribution in [1.82, 2.24) is 15.5 Å². The number of hydrogen-bond acceptors (Lipinski definition) is 4. The van der Waals surface area contributed by atoms with Crippen LogP contribution in [-0.2, 0) is 9.53 Å². The topological polar surface area (TPSA) is 53.6 Å². The van der Waals surface area contributed by atoms with Crippen molar-refractivity contribution >= 4 is 30.7 Å². The van der Waals surface area contributed by atoms with Gasteiger partial charge >= 0.3 is 0 Å². The zero-order valence-electron chi connectivity index (χ0n) is 15.3. The molecule has 25 heavy (non-hydrogen) atoms. The molecule has 1 saturated carbocycles. The first-order valence-electron chi connectivity index (χ1n) is 9.59. The van der Waals surface area contributed by atoms with E-state index in [0.29, 0.717) is 6.42 Å². The summed E-state index contributed by atoms with van der Waals surface area (Å²) in [4.78, 5) is 15.0. The number of ether oxygens (including phenoxy) is 1. The molecule has 0 bridgehead atoms. The summed E-state index contributed by atoms with van der Waals surface area (Å²) >= 11 is 0. The second-order valence-electron chi connectivity index (χ2n) is 7.56. The first-order chi connectivity index (χ1) is 11.3. The largest absolute Gasteiger partial charge is 0.379 e. The van der Waals surface area contributed by atoms with Gasteiger partial charge in [0.2, 0.25) is 5.91 Å². The van der Waals surface area contributed by atoms with Gasteiger partial charge in [0.05, 0.1) is 13.2 Å². The highest BCUT2D eigenvalue weighted by atomic mass is 35.5. The van der Waals surface area contributed by atoms with E-state index in [1.165, 1.54) is 38.5 Å². The number of rotatable bonds is 6. The minimum Gasteiger partial charge on any atom is -0.379 e. The zero-order chi connectivity index (χ0) is 16.0. The van der Waals surface area contributed by atoms with Crippen molar-refractivity contribution in [1.29, 1.82) is 0 Å². The summed E-state index contributed by atoms with van der Waals surface area (Å²) in [7, 11) is 0. The molecule has 148 valence electrons. The van der Waals surface area contributed by atoms with Gasteiger partial charge in [-0.05, 0) is 51.1 Å². The predicted molar refractivity (Wildman–Crippen MR) is 106 cm³/mol. The minimum atomic E-state index is 0. The Bertz CT molecular complexity index is 381. The molecule has 2 aliphatic heterocycles. The maximum atomic E-state index is 12.5. The summed E-state index contributed by atoms with van der Waals surface area (Å²) in [6.45, 7) is 6.72. The van der Waals surface area contributed by atoms with Crippen LogP contribution in [0, 0.1) is 5.92 Å². The fraction of sp³-hybridized carbons (Fsp3) is 0.944. The third kappa shape index (κ3) is 6.55. The van der Waals surface area contributed by atoms with Crippen molar-refractivity contribution in [3.8, 4) is 0 Å². The van der Waals surface area contributed by atoms with Gasteiger partial charge in [-0.25, -0.2) is 0 Å². The van der Waals surface area contributed by atoms with Gasteiger partial charge in [0.1, 0.15) is 0 Å². The van der Waals surface area contributed by atoms with Gasteiger partial charge in [0.25, 0.3) is 0 Å². The molecule has 1 atom stereocenters. The van der Waals surface area contributed by atoms with Gasteiger partial charge in [-0.3, -0.25) is 9.69 Å². The van der Waals surface area contributed by atoms with Crippen LogP contribution in [-0.4, -0.2) is 62.3 Å². The molecule has 3 fully saturated rings. The molecule has 0 aromatic heterocycles. The van der Waals surface area contributed by atoms with Crippen LogP contribution in [0.15, 0.2) is 0 Å². The van der Waals surface area contributed by atoms with E-state index >= 15 is 0 Å². The number of piperidine rings is 1. The molecular weight excluding hydrogens is 361 g/mol. The van der Waals surface area contributed by atoms with Crippen LogP contribution < -0.4 is 10.6 Å². The molecular formula is C18H35Cl2N3O2. The molecule has 0 radical (unpaired) electrons.